The van der Waals surface area contributed by atoms with Gasteiger partial charge >= 0.3 is 0 Å². The van der Waals surface area contributed by atoms with E-state index in [1.54, 1.807) is 0 Å². The molecule has 0 fully saturated rings. The fourth-order valence-corrected chi connectivity index (χ4v) is 1.48. The molecule has 16 heavy (non-hydrogen) atoms. The lowest BCUT2D eigenvalue weighted by atomic mass is 10.1. The summed E-state index contributed by atoms with van der Waals surface area (Å²) in [7, 11) is 0. The van der Waals surface area contributed by atoms with E-state index in [-0.39, 0.29) is 6.61 Å². The van der Waals surface area contributed by atoms with Crippen LogP contribution in [0.15, 0.2) is 28.7 Å². The predicted molar refractivity (Wildman–Crippen MR) is 59.9 cm³/mol. The van der Waals surface area contributed by atoms with Crippen molar-refractivity contribution in [2.45, 2.75) is 19.8 Å². The maximum Gasteiger partial charge on any atom is 0.247 e. The zero-order chi connectivity index (χ0) is 11.4. The van der Waals surface area contributed by atoms with Gasteiger partial charge < -0.3 is 9.52 Å². The number of aryl methyl sites for hydroxylation is 2. The van der Waals surface area contributed by atoms with E-state index in [1.165, 1.54) is 0 Å². The van der Waals surface area contributed by atoms with Crippen molar-refractivity contribution < 1.29 is 9.52 Å². The molecule has 0 amide bonds. The molecule has 0 aliphatic rings. The average molecular weight is 218 g/mol. The summed E-state index contributed by atoms with van der Waals surface area (Å²) in [6.45, 7) is 2.16. The Bertz CT molecular complexity index is 466. The Hall–Kier alpha value is -1.68. The maximum absolute atomic E-state index is 8.70. The zero-order valence-electron chi connectivity index (χ0n) is 9.18. The van der Waals surface area contributed by atoms with Crippen molar-refractivity contribution >= 4 is 0 Å². The molecule has 0 unspecified atom stereocenters. The number of aliphatic hydroxyl groups excluding tert-OH is 1. The van der Waals surface area contributed by atoms with Gasteiger partial charge in [0.2, 0.25) is 11.8 Å². The van der Waals surface area contributed by atoms with Gasteiger partial charge in [-0.15, -0.1) is 10.2 Å². The van der Waals surface area contributed by atoms with Crippen LogP contribution < -0.4 is 0 Å². The summed E-state index contributed by atoms with van der Waals surface area (Å²) >= 11 is 0. The van der Waals surface area contributed by atoms with Gasteiger partial charge in [-0.3, -0.25) is 0 Å². The van der Waals surface area contributed by atoms with Gasteiger partial charge in [0, 0.05) is 18.6 Å². The molecule has 0 atom stereocenters. The molecule has 0 spiro atoms. The molecule has 0 aliphatic heterocycles. The normalized spacial score (nSPS) is 10.6. The molecular formula is C12H14N2O2. The molecule has 0 saturated heterocycles. The predicted octanol–water partition coefficient (Wildman–Crippen LogP) is 1.97. The maximum atomic E-state index is 8.70. The minimum atomic E-state index is 0.141. The van der Waals surface area contributed by atoms with Gasteiger partial charge in [0.15, 0.2) is 0 Å². The minimum absolute atomic E-state index is 0.141. The zero-order valence-corrected chi connectivity index (χ0v) is 9.18. The summed E-state index contributed by atoms with van der Waals surface area (Å²) in [5.74, 6) is 1.11. The molecule has 2 aromatic rings. The SMILES string of the molecule is Cc1cccc(-c2nnc(CCCO)o2)c1. The molecule has 4 heteroatoms. The van der Waals surface area contributed by atoms with Gasteiger partial charge in [0.25, 0.3) is 0 Å². The Labute approximate surface area is 93.9 Å². The standard InChI is InChI=1S/C12H14N2O2/c1-9-4-2-5-10(8-9)12-14-13-11(16-12)6-3-7-15/h2,4-5,8,15H,3,6-7H2,1H3. The van der Waals surface area contributed by atoms with E-state index in [4.69, 9.17) is 9.52 Å². The van der Waals surface area contributed by atoms with E-state index in [0.717, 1.165) is 11.1 Å². The van der Waals surface area contributed by atoms with Crippen molar-refractivity contribution in [1.82, 2.24) is 10.2 Å². The third-order valence-corrected chi connectivity index (χ3v) is 2.28. The summed E-state index contributed by atoms with van der Waals surface area (Å²) in [4.78, 5) is 0. The van der Waals surface area contributed by atoms with Crippen LogP contribution in [-0.2, 0) is 6.42 Å². The van der Waals surface area contributed by atoms with E-state index >= 15 is 0 Å². The van der Waals surface area contributed by atoms with Crippen LogP contribution in [0.25, 0.3) is 11.5 Å². The summed E-state index contributed by atoms with van der Waals surface area (Å²) in [6, 6.07) is 7.93. The highest BCUT2D eigenvalue weighted by atomic mass is 16.4. The minimum Gasteiger partial charge on any atom is -0.421 e. The third kappa shape index (κ3) is 2.46. The molecule has 1 N–H and O–H groups in total. The summed E-state index contributed by atoms with van der Waals surface area (Å²) in [6.07, 6.45) is 1.27. The van der Waals surface area contributed by atoms with Crippen molar-refractivity contribution in [2.24, 2.45) is 0 Å². The number of hydrogen-bond acceptors (Lipinski definition) is 4. The van der Waals surface area contributed by atoms with Crippen LogP contribution in [0.5, 0.6) is 0 Å². The van der Waals surface area contributed by atoms with Crippen LogP contribution >= 0.6 is 0 Å². The van der Waals surface area contributed by atoms with E-state index in [0.29, 0.717) is 24.6 Å². The molecule has 1 heterocycles. The van der Waals surface area contributed by atoms with E-state index in [2.05, 4.69) is 10.2 Å². The largest absolute Gasteiger partial charge is 0.421 e. The molecule has 0 radical (unpaired) electrons. The van der Waals surface area contributed by atoms with Crippen LogP contribution in [0.3, 0.4) is 0 Å². The lowest BCUT2D eigenvalue weighted by Crippen LogP contribution is -1.88. The van der Waals surface area contributed by atoms with Gasteiger partial charge in [-0.2, -0.15) is 0 Å². The van der Waals surface area contributed by atoms with Gasteiger partial charge in [-0.25, -0.2) is 0 Å². The fourth-order valence-electron chi connectivity index (χ4n) is 1.48. The summed E-state index contributed by atoms with van der Waals surface area (Å²) in [5, 5.41) is 16.6. The molecule has 0 saturated carbocycles. The lowest BCUT2D eigenvalue weighted by molar-refractivity contribution is 0.283. The first-order chi connectivity index (χ1) is 7.79. The average Bonchev–Trinajstić information content (AvgIpc) is 2.75. The second kappa shape index (κ2) is 4.90. The monoisotopic (exact) mass is 218 g/mol. The van der Waals surface area contributed by atoms with Gasteiger partial charge in [0.05, 0.1) is 0 Å². The highest BCUT2D eigenvalue weighted by Crippen LogP contribution is 2.19. The lowest BCUT2D eigenvalue weighted by Gasteiger charge is -1.95. The van der Waals surface area contributed by atoms with Crippen molar-refractivity contribution in [3.05, 3.63) is 35.7 Å². The smallest absolute Gasteiger partial charge is 0.247 e. The highest BCUT2D eigenvalue weighted by molar-refractivity contribution is 5.53. The Morgan fingerprint density at radius 1 is 1.31 bits per heavy atom. The van der Waals surface area contributed by atoms with Gasteiger partial charge in [-0.05, 0) is 25.5 Å². The van der Waals surface area contributed by atoms with E-state index in [9.17, 15) is 0 Å². The molecule has 0 aliphatic carbocycles. The molecule has 2 rings (SSSR count). The Balaban J connectivity index is 2.18. The summed E-state index contributed by atoms with van der Waals surface area (Å²) < 4.78 is 5.49. The van der Waals surface area contributed by atoms with E-state index < -0.39 is 0 Å². The number of nitrogens with zero attached hydrogens (tertiary/aromatic N) is 2. The Morgan fingerprint density at radius 3 is 2.94 bits per heavy atom. The fraction of sp³-hybridized carbons (Fsp3) is 0.333. The molecule has 84 valence electrons. The number of hydrogen-bond donors (Lipinski definition) is 1. The van der Waals surface area contributed by atoms with Crippen LogP contribution in [0, 0.1) is 6.92 Å². The molecule has 0 bridgehead atoms. The van der Waals surface area contributed by atoms with Crippen LogP contribution in [-0.4, -0.2) is 21.9 Å². The first-order valence-corrected chi connectivity index (χ1v) is 5.30. The number of aliphatic hydroxyl groups is 1. The van der Waals surface area contributed by atoms with Gasteiger partial charge in [-0.1, -0.05) is 17.7 Å². The first-order valence-electron chi connectivity index (χ1n) is 5.30. The van der Waals surface area contributed by atoms with E-state index in [1.807, 2.05) is 31.2 Å². The molecular weight excluding hydrogens is 204 g/mol. The van der Waals surface area contributed by atoms with Crippen molar-refractivity contribution in [3.8, 4) is 11.5 Å². The molecule has 4 nitrogen and oxygen atoms in total. The van der Waals surface area contributed by atoms with Crippen molar-refractivity contribution in [1.29, 1.82) is 0 Å². The topological polar surface area (TPSA) is 59.2 Å². The second-order valence-electron chi connectivity index (χ2n) is 3.70. The van der Waals surface area contributed by atoms with Crippen LogP contribution in [0.1, 0.15) is 17.9 Å². The highest BCUT2D eigenvalue weighted by Gasteiger charge is 2.07. The molecule has 1 aromatic carbocycles. The molecule has 1 aromatic heterocycles. The Kier molecular flexibility index (Phi) is 3.31. The van der Waals surface area contributed by atoms with Crippen LogP contribution in [0.4, 0.5) is 0 Å². The van der Waals surface area contributed by atoms with Crippen molar-refractivity contribution in [3.63, 3.8) is 0 Å². The van der Waals surface area contributed by atoms with Gasteiger partial charge in [0.1, 0.15) is 0 Å². The summed E-state index contributed by atoms with van der Waals surface area (Å²) in [5.41, 5.74) is 2.09. The van der Waals surface area contributed by atoms with Crippen molar-refractivity contribution in [2.75, 3.05) is 6.61 Å². The first kappa shape index (κ1) is 10.8. The number of aromatic nitrogens is 2. The third-order valence-electron chi connectivity index (χ3n) is 2.28. The quantitative estimate of drug-likeness (QED) is 0.852. The number of rotatable bonds is 4. The Morgan fingerprint density at radius 2 is 2.19 bits per heavy atom. The number of benzene rings is 1. The van der Waals surface area contributed by atoms with Crippen LogP contribution in [0.2, 0.25) is 0 Å². The second-order valence-corrected chi connectivity index (χ2v) is 3.70.